The van der Waals surface area contributed by atoms with Crippen LogP contribution in [0.1, 0.15) is 31.7 Å². The molecule has 0 spiro atoms. The summed E-state index contributed by atoms with van der Waals surface area (Å²) in [5.41, 5.74) is 1.93. The molecule has 1 heterocycles. The lowest BCUT2D eigenvalue weighted by Gasteiger charge is -2.22. The first-order valence-corrected chi connectivity index (χ1v) is 9.28. The summed E-state index contributed by atoms with van der Waals surface area (Å²) in [5, 5.41) is 0. The summed E-state index contributed by atoms with van der Waals surface area (Å²) in [4.78, 5) is 40.9. The molecule has 3 amide bonds. The van der Waals surface area contributed by atoms with Gasteiger partial charge < -0.3 is 4.90 Å². The van der Waals surface area contributed by atoms with Gasteiger partial charge in [-0.25, -0.2) is 0 Å². The van der Waals surface area contributed by atoms with Gasteiger partial charge in [-0.3, -0.25) is 19.3 Å². The first-order valence-electron chi connectivity index (χ1n) is 9.28. The number of fused-ring (bicyclic) bond motifs is 5. The van der Waals surface area contributed by atoms with Crippen LogP contribution in [0.25, 0.3) is 0 Å². The molecule has 4 rings (SSSR count). The minimum atomic E-state index is -0.250. The number of hydrogen-bond donors (Lipinski definition) is 0. The Kier molecular flexibility index (Phi) is 3.98. The molecule has 0 radical (unpaired) electrons. The molecule has 2 aliphatic carbocycles. The van der Waals surface area contributed by atoms with Crippen molar-refractivity contribution in [3.63, 3.8) is 0 Å². The number of carbonyl (C=O) groups is 3. The van der Waals surface area contributed by atoms with Crippen molar-refractivity contribution in [2.75, 3.05) is 18.5 Å². The third kappa shape index (κ3) is 2.49. The number of allylic oxidation sites excluding steroid dienone is 2. The van der Waals surface area contributed by atoms with Gasteiger partial charge in [0.15, 0.2) is 0 Å². The van der Waals surface area contributed by atoms with Crippen LogP contribution >= 0.6 is 0 Å². The first-order chi connectivity index (χ1) is 12.4. The Labute approximate surface area is 153 Å². The molecular formula is C21H24N2O3. The second-order valence-corrected chi connectivity index (χ2v) is 7.96. The van der Waals surface area contributed by atoms with Gasteiger partial charge in [0, 0.05) is 12.7 Å². The molecule has 5 heteroatoms. The number of likely N-dealkylation sites (tertiary alicyclic amines) is 1. The van der Waals surface area contributed by atoms with Crippen LogP contribution in [0, 0.1) is 23.7 Å². The van der Waals surface area contributed by atoms with Crippen molar-refractivity contribution < 1.29 is 14.4 Å². The van der Waals surface area contributed by atoms with E-state index in [2.05, 4.69) is 26.0 Å². The number of hydrogen-bond acceptors (Lipinski definition) is 3. The lowest BCUT2D eigenvalue weighted by Crippen LogP contribution is -2.42. The maximum atomic E-state index is 12.7. The van der Waals surface area contributed by atoms with E-state index >= 15 is 0 Å². The maximum Gasteiger partial charge on any atom is 0.246 e. The smallest absolute Gasteiger partial charge is 0.246 e. The van der Waals surface area contributed by atoms with Crippen molar-refractivity contribution in [3.8, 4) is 0 Å². The van der Waals surface area contributed by atoms with Gasteiger partial charge in [0.05, 0.1) is 11.8 Å². The normalized spacial score (nSPS) is 29.0. The van der Waals surface area contributed by atoms with Crippen LogP contribution in [0.2, 0.25) is 0 Å². The van der Waals surface area contributed by atoms with Crippen LogP contribution < -0.4 is 4.90 Å². The second kappa shape index (κ2) is 6.08. The van der Waals surface area contributed by atoms with Gasteiger partial charge in [-0.1, -0.05) is 38.1 Å². The Hall–Kier alpha value is -2.43. The van der Waals surface area contributed by atoms with Gasteiger partial charge in [-0.05, 0) is 41.9 Å². The third-order valence-corrected chi connectivity index (χ3v) is 6.15. The number of nitrogens with zero attached hydrogens (tertiary/aromatic N) is 2. The van der Waals surface area contributed by atoms with Crippen LogP contribution in [-0.4, -0.2) is 36.2 Å². The number of imide groups is 1. The summed E-state index contributed by atoms with van der Waals surface area (Å²) in [6.45, 7) is 4.03. The van der Waals surface area contributed by atoms with Gasteiger partial charge in [0.2, 0.25) is 17.7 Å². The number of benzene rings is 1. The topological polar surface area (TPSA) is 57.7 Å². The third-order valence-electron chi connectivity index (χ3n) is 6.15. The number of carbonyl (C=O) groups excluding carboxylic acids is 3. The minimum Gasteiger partial charge on any atom is -0.314 e. The molecule has 1 aromatic rings. The predicted octanol–water partition coefficient (Wildman–Crippen LogP) is 2.58. The summed E-state index contributed by atoms with van der Waals surface area (Å²) in [6.07, 6.45) is 5.02. The molecular weight excluding hydrogens is 328 g/mol. The Morgan fingerprint density at radius 2 is 1.77 bits per heavy atom. The maximum absolute atomic E-state index is 12.7. The number of anilines is 1. The Bertz CT molecular complexity index is 783. The summed E-state index contributed by atoms with van der Waals surface area (Å²) >= 11 is 0. The SMILES string of the molecule is CC(C)c1cccc(N(C)C(=O)CN2C(=O)C3C4C=CC(C4)C3C2=O)c1. The largest absolute Gasteiger partial charge is 0.314 e. The lowest BCUT2D eigenvalue weighted by atomic mass is 9.85. The zero-order valence-electron chi connectivity index (χ0n) is 15.4. The molecule has 136 valence electrons. The molecule has 4 unspecified atom stereocenters. The van der Waals surface area contributed by atoms with Crippen molar-refractivity contribution in [3.05, 3.63) is 42.0 Å². The first kappa shape index (κ1) is 17.0. The summed E-state index contributed by atoms with van der Waals surface area (Å²) < 4.78 is 0. The van der Waals surface area contributed by atoms with Crippen LogP contribution in [-0.2, 0) is 14.4 Å². The van der Waals surface area contributed by atoms with E-state index in [1.165, 1.54) is 9.80 Å². The zero-order chi connectivity index (χ0) is 18.6. The fourth-order valence-corrected chi connectivity index (χ4v) is 4.60. The fraction of sp³-hybridized carbons (Fsp3) is 0.476. The van der Waals surface area contributed by atoms with Gasteiger partial charge >= 0.3 is 0 Å². The van der Waals surface area contributed by atoms with Gasteiger partial charge in [0.1, 0.15) is 6.54 Å². The van der Waals surface area contributed by atoms with Gasteiger partial charge in [0.25, 0.3) is 0 Å². The molecule has 0 aromatic heterocycles. The highest BCUT2D eigenvalue weighted by Gasteiger charge is 2.59. The molecule has 1 aromatic carbocycles. The number of rotatable bonds is 4. The van der Waals surface area contributed by atoms with Crippen molar-refractivity contribution in [2.45, 2.75) is 26.2 Å². The van der Waals surface area contributed by atoms with Crippen LogP contribution in [0.5, 0.6) is 0 Å². The molecule has 2 fully saturated rings. The number of likely N-dealkylation sites (N-methyl/N-ethyl adjacent to an activating group) is 1. The highest BCUT2D eigenvalue weighted by molar-refractivity contribution is 6.09. The second-order valence-electron chi connectivity index (χ2n) is 7.96. The summed E-state index contributed by atoms with van der Waals surface area (Å²) in [5.74, 6) is -0.386. The number of amides is 3. The van der Waals surface area contributed by atoms with Crippen LogP contribution in [0.15, 0.2) is 36.4 Å². The summed E-state index contributed by atoms with van der Waals surface area (Å²) in [6, 6.07) is 7.81. The molecule has 1 saturated heterocycles. The van der Waals surface area contributed by atoms with E-state index < -0.39 is 0 Å². The standard InChI is InChI=1S/C21H24N2O3/c1-12(2)13-5-4-6-16(10-13)22(3)17(24)11-23-20(25)18-14-7-8-15(9-14)19(18)21(23)26/h4-8,10,12,14-15,18-19H,9,11H2,1-3H3. The molecule has 2 bridgehead atoms. The highest BCUT2D eigenvalue weighted by atomic mass is 16.2. The average molecular weight is 352 g/mol. The lowest BCUT2D eigenvalue weighted by molar-refractivity contribution is -0.143. The Morgan fingerprint density at radius 3 is 2.35 bits per heavy atom. The molecule has 0 N–H and O–H groups in total. The summed E-state index contributed by atoms with van der Waals surface area (Å²) in [7, 11) is 1.69. The van der Waals surface area contributed by atoms with E-state index in [4.69, 9.17) is 0 Å². The van der Waals surface area contributed by atoms with E-state index in [1.54, 1.807) is 7.05 Å². The average Bonchev–Trinajstić information content (AvgIpc) is 3.31. The Morgan fingerprint density at radius 1 is 1.15 bits per heavy atom. The van der Waals surface area contributed by atoms with E-state index in [0.29, 0.717) is 5.92 Å². The monoisotopic (exact) mass is 352 g/mol. The highest BCUT2D eigenvalue weighted by Crippen LogP contribution is 2.52. The quantitative estimate of drug-likeness (QED) is 0.618. The molecule has 26 heavy (non-hydrogen) atoms. The van der Waals surface area contributed by atoms with Crippen molar-refractivity contribution in [1.82, 2.24) is 4.90 Å². The molecule has 1 saturated carbocycles. The van der Waals surface area contributed by atoms with E-state index in [1.807, 2.05) is 24.3 Å². The van der Waals surface area contributed by atoms with Crippen LogP contribution in [0.3, 0.4) is 0 Å². The Balaban J connectivity index is 1.49. The predicted molar refractivity (Wildman–Crippen MR) is 98.4 cm³/mol. The zero-order valence-corrected chi connectivity index (χ0v) is 15.4. The van der Waals surface area contributed by atoms with Gasteiger partial charge in [-0.15, -0.1) is 0 Å². The van der Waals surface area contributed by atoms with E-state index in [0.717, 1.165) is 17.7 Å². The molecule has 3 aliphatic rings. The van der Waals surface area contributed by atoms with Crippen LogP contribution in [0.4, 0.5) is 5.69 Å². The van der Waals surface area contributed by atoms with Gasteiger partial charge in [-0.2, -0.15) is 0 Å². The fourth-order valence-electron chi connectivity index (χ4n) is 4.60. The van der Waals surface area contributed by atoms with E-state index in [9.17, 15) is 14.4 Å². The molecule has 4 atom stereocenters. The minimum absolute atomic E-state index is 0.169. The van der Waals surface area contributed by atoms with E-state index in [-0.39, 0.29) is 47.9 Å². The van der Waals surface area contributed by atoms with Crippen molar-refractivity contribution in [2.24, 2.45) is 23.7 Å². The molecule has 1 aliphatic heterocycles. The van der Waals surface area contributed by atoms with Crippen molar-refractivity contribution >= 4 is 23.4 Å². The molecule has 5 nitrogen and oxygen atoms in total. The van der Waals surface area contributed by atoms with Crippen molar-refractivity contribution in [1.29, 1.82) is 0 Å².